The molecule has 0 radical (unpaired) electrons. The van der Waals surface area contributed by atoms with Gasteiger partial charge in [-0.05, 0) is 62.7 Å². The fourth-order valence-electron chi connectivity index (χ4n) is 5.38. The Kier molecular flexibility index (Phi) is 9.94. The number of thioether (sulfide) groups is 1. The van der Waals surface area contributed by atoms with E-state index in [1.165, 1.54) is 31.3 Å². The normalized spacial score (nSPS) is 39.3. The van der Waals surface area contributed by atoms with Crippen LogP contribution in [-0.2, 0) is 4.74 Å². The molecule has 5 unspecified atom stereocenters. The van der Waals surface area contributed by atoms with Gasteiger partial charge in [0.15, 0.2) is 0 Å². The molecule has 0 aromatic heterocycles. The Labute approximate surface area is 195 Å². The van der Waals surface area contributed by atoms with Crippen molar-refractivity contribution in [2.45, 2.75) is 104 Å². The monoisotopic (exact) mass is 450 g/mol. The molecule has 178 valence electrons. The van der Waals surface area contributed by atoms with Crippen molar-refractivity contribution in [3.05, 3.63) is 34.9 Å². The van der Waals surface area contributed by atoms with Gasteiger partial charge in [0, 0.05) is 11.5 Å². The van der Waals surface area contributed by atoms with Crippen molar-refractivity contribution in [3.63, 3.8) is 0 Å². The number of aliphatic hydroxyl groups excluding tert-OH is 2. The van der Waals surface area contributed by atoms with E-state index in [1.807, 2.05) is 13.8 Å². The summed E-state index contributed by atoms with van der Waals surface area (Å²) in [4.78, 5) is 0. The lowest BCUT2D eigenvalue weighted by Gasteiger charge is -2.41. The summed E-state index contributed by atoms with van der Waals surface area (Å²) >= 11 is 2.06. The van der Waals surface area contributed by atoms with E-state index in [0.717, 1.165) is 31.0 Å². The average Bonchev–Trinajstić information content (AvgIpc) is 3.46. The summed E-state index contributed by atoms with van der Waals surface area (Å²) in [7, 11) is 0. The van der Waals surface area contributed by atoms with E-state index in [4.69, 9.17) is 4.74 Å². The van der Waals surface area contributed by atoms with E-state index in [2.05, 4.69) is 43.8 Å². The summed E-state index contributed by atoms with van der Waals surface area (Å²) in [6.45, 7) is 9.67. The van der Waals surface area contributed by atoms with Crippen LogP contribution in [0.3, 0.4) is 0 Å². The van der Waals surface area contributed by atoms with Crippen LogP contribution < -0.4 is 0 Å². The smallest absolute Gasteiger partial charge is 0.100 e. The molecule has 3 fully saturated rings. The van der Waals surface area contributed by atoms with Crippen molar-refractivity contribution in [1.29, 1.82) is 0 Å². The second kappa shape index (κ2) is 11.5. The second-order valence-electron chi connectivity index (χ2n) is 9.55. The maximum atomic E-state index is 9.94. The zero-order valence-corrected chi connectivity index (χ0v) is 20.3. The minimum atomic E-state index is -0.589. The lowest BCUT2D eigenvalue weighted by molar-refractivity contribution is 0.00411. The molecule has 1 aliphatic heterocycles. The van der Waals surface area contributed by atoms with E-state index in [9.17, 15) is 10.2 Å². The first kappa shape index (κ1) is 26.7. The van der Waals surface area contributed by atoms with Gasteiger partial charge in [-0.2, -0.15) is 11.8 Å². The van der Waals surface area contributed by atoms with Gasteiger partial charge in [0.2, 0.25) is 0 Å². The maximum absolute atomic E-state index is 9.94. The fraction of sp³-hybridized carbons (Fsp3) is 0.778. The second-order valence-corrected chi connectivity index (χ2v) is 10.5. The predicted octanol–water partition coefficient (Wildman–Crippen LogP) is 6.46. The number of rotatable bonds is 6. The Morgan fingerprint density at radius 1 is 1.19 bits per heavy atom. The van der Waals surface area contributed by atoms with Gasteiger partial charge in [-0.1, -0.05) is 70.1 Å². The van der Waals surface area contributed by atoms with Crippen molar-refractivity contribution in [3.8, 4) is 0 Å². The summed E-state index contributed by atoms with van der Waals surface area (Å²) in [5.74, 6) is 2.92. The van der Waals surface area contributed by atoms with Gasteiger partial charge >= 0.3 is 0 Å². The highest BCUT2D eigenvalue weighted by molar-refractivity contribution is 7.99. The summed E-state index contributed by atoms with van der Waals surface area (Å²) in [6.07, 6.45) is 14.3. The summed E-state index contributed by atoms with van der Waals surface area (Å²) in [6, 6.07) is 0. The minimum absolute atomic E-state index is 0. The van der Waals surface area contributed by atoms with Crippen LogP contribution in [0.25, 0.3) is 0 Å². The SMILES string of the molecule is C.CC.CCC1(CSCC2=CCC3/C(=C/C=C4/CCC(O)C(O)C4)CCCC23C)CO1. The number of hydrogen-bond acceptors (Lipinski definition) is 4. The molecule has 3 aliphatic carbocycles. The quantitative estimate of drug-likeness (QED) is 0.360. The lowest BCUT2D eigenvalue weighted by Crippen LogP contribution is -2.31. The van der Waals surface area contributed by atoms with Gasteiger partial charge in [0.25, 0.3) is 0 Å². The molecule has 5 atom stereocenters. The van der Waals surface area contributed by atoms with Crippen molar-refractivity contribution < 1.29 is 14.9 Å². The molecule has 1 saturated heterocycles. The Balaban J connectivity index is 0.00000111. The highest BCUT2D eigenvalue weighted by atomic mass is 32.2. The molecule has 31 heavy (non-hydrogen) atoms. The molecule has 0 bridgehead atoms. The van der Waals surface area contributed by atoms with Crippen LogP contribution in [-0.4, -0.2) is 46.1 Å². The summed E-state index contributed by atoms with van der Waals surface area (Å²) in [5, 5.41) is 19.7. The Hall–Kier alpha value is -0.550. The van der Waals surface area contributed by atoms with Crippen LogP contribution in [0.5, 0.6) is 0 Å². The molecule has 4 aliphatic rings. The summed E-state index contributed by atoms with van der Waals surface area (Å²) in [5.41, 5.74) is 5.04. The summed E-state index contributed by atoms with van der Waals surface area (Å²) < 4.78 is 5.67. The molecule has 0 amide bonds. The maximum Gasteiger partial charge on any atom is 0.100 e. The standard InChI is InChI=1S/C24H36O3S.C2H6.CH4/c1-3-24(15-27-24)16-28-14-19-9-10-20-18(5-4-12-23(19,20)2)8-6-17-7-11-21(25)22(26)13-17;1-2;/h6,8-9,20-22,25-26H,3-5,7,10-16H2,1-2H3;1-2H3;1H4/b17-6-,18-8+;;. The molecule has 2 N–H and O–H groups in total. The number of allylic oxidation sites excluding steroid dienone is 4. The third-order valence-corrected chi connectivity index (χ3v) is 8.99. The van der Waals surface area contributed by atoms with Gasteiger partial charge in [-0.3, -0.25) is 0 Å². The molecule has 0 aromatic rings. The number of fused-ring (bicyclic) bond motifs is 1. The van der Waals surface area contributed by atoms with Crippen molar-refractivity contribution in [1.82, 2.24) is 0 Å². The zero-order valence-electron chi connectivity index (χ0n) is 19.5. The van der Waals surface area contributed by atoms with E-state index in [1.54, 1.807) is 11.1 Å². The van der Waals surface area contributed by atoms with Crippen LogP contribution >= 0.6 is 11.8 Å². The molecular formula is C27H46O3S. The Morgan fingerprint density at radius 2 is 1.94 bits per heavy atom. The Bertz CT molecular complexity index is 676. The van der Waals surface area contributed by atoms with Crippen LogP contribution in [0.1, 0.15) is 86.5 Å². The highest BCUT2D eigenvalue weighted by Gasteiger charge is 2.46. The first-order valence-electron chi connectivity index (χ1n) is 12.1. The fourth-order valence-corrected chi connectivity index (χ4v) is 6.89. The third-order valence-electron chi connectivity index (χ3n) is 7.74. The largest absolute Gasteiger partial charge is 0.390 e. The van der Waals surface area contributed by atoms with E-state index < -0.39 is 12.2 Å². The average molecular weight is 451 g/mol. The van der Waals surface area contributed by atoms with Crippen LogP contribution in [0.2, 0.25) is 0 Å². The molecule has 1 heterocycles. The minimum Gasteiger partial charge on any atom is -0.390 e. The Morgan fingerprint density at radius 3 is 2.58 bits per heavy atom. The number of epoxide rings is 1. The van der Waals surface area contributed by atoms with Crippen LogP contribution in [0.4, 0.5) is 0 Å². The van der Waals surface area contributed by atoms with Gasteiger partial charge in [0.05, 0.1) is 18.8 Å². The van der Waals surface area contributed by atoms with E-state index in [-0.39, 0.29) is 13.0 Å². The predicted molar refractivity (Wildman–Crippen MR) is 135 cm³/mol. The van der Waals surface area contributed by atoms with E-state index >= 15 is 0 Å². The van der Waals surface area contributed by atoms with Crippen LogP contribution in [0, 0.1) is 11.3 Å². The lowest BCUT2D eigenvalue weighted by atomic mass is 9.64. The molecule has 4 rings (SSSR count). The van der Waals surface area contributed by atoms with Gasteiger partial charge in [-0.15, -0.1) is 0 Å². The van der Waals surface area contributed by atoms with Gasteiger partial charge in [0.1, 0.15) is 5.60 Å². The van der Waals surface area contributed by atoms with Crippen molar-refractivity contribution in [2.24, 2.45) is 11.3 Å². The highest BCUT2D eigenvalue weighted by Crippen LogP contribution is 2.55. The third kappa shape index (κ3) is 6.07. The molecule has 2 saturated carbocycles. The van der Waals surface area contributed by atoms with Crippen molar-refractivity contribution in [2.75, 3.05) is 18.1 Å². The molecule has 3 nitrogen and oxygen atoms in total. The van der Waals surface area contributed by atoms with Crippen molar-refractivity contribution >= 4 is 11.8 Å². The van der Waals surface area contributed by atoms with E-state index in [0.29, 0.717) is 24.2 Å². The molecular weight excluding hydrogens is 404 g/mol. The number of hydrogen-bond donors (Lipinski definition) is 2. The van der Waals surface area contributed by atoms with Gasteiger partial charge in [-0.25, -0.2) is 0 Å². The molecule has 0 aromatic carbocycles. The molecule has 4 heteroatoms. The zero-order chi connectivity index (χ0) is 21.8. The number of aliphatic hydroxyl groups is 2. The number of ether oxygens (including phenoxy) is 1. The molecule has 0 spiro atoms. The first-order valence-corrected chi connectivity index (χ1v) is 13.3. The van der Waals surface area contributed by atoms with Gasteiger partial charge < -0.3 is 14.9 Å². The van der Waals surface area contributed by atoms with Crippen LogP contribution in [0.15, 0.2) is 34.9 Å². The first-order chi connectivity index (χ1) is 14.5. The topological polar surface area (TPSA) is 53.0 Å².